The summed E-state index contributed by atoms with van der Waals surface area (Å²) in [5.41, 5.74) is 9.28. The van der Waals surface area contributed by atoms with Crippen LogP contribution in [0.1, 0.15) is 16.8 Å². The van der Waals surface area contributed by atoms with Crippen molar-refractivity contribution >= 4 is 16.9 Å². The number of primary amides is 1. The molecule has 2 aromatic heterocycles. The molecule has 0 spiro atoms. The number of nitrogens with two attached hydrogens (primary N) is 1. The number of urea groups is 1. The molecule has 0 aliphatic carbocycles. The van der Waals surface area contributed by atoms with Gasteiger partial charge in [-0.1, -0.05) is 24.3 Å². The zero-order valence-electron chi connectivity index (χ0n) is 12.8. The average molecular weight is 310 g/mol. The summed E-state index contributed by atoms with van der Waals surface area (Å²) >= 11 is 0. The Hall–Kier alpha value is -2.86. The molecular weight excluding hydrogens is 292 g/mol. The van der Waals surface area contributed by atoms with Crippen molar-refractivity contribution in [1.29, 1.82) is 0 Å². The zero-order chi connectivity index (χ0) is 16.4. The van der Waals surface area contributed by atoms with Crippen LogP contribution >= 0.6 is 0 Å². The highest BCUT2D eigenvalue weighted by Gasteiger charge is 2.17. The second kappa shape index (κ2) is 6.10. The number of aromatic nitrogens is 2. The Morgan fingerprint density at radius 3 is 2.78 bits per heavy atom. The van der Waals surface area contributed by atoms with Gasteiger partial charge in [-0.3, -0.25) is 10.2 Å². The molecule has 0 saturated heterocycles. The van der Waals surface area contributed by atoms with Gasteiger partial charge in [0.05, 0.1) is 5.52 Å². The maximum absolute atomic E-state index is 11.2. The summed E-state index contributed by atoms with van der Waals surface area (Å²) in [5, 5.41) is 11.4. The molecule has 3 rings (SSSR count). The topological polar surface area (TPSA) is 84.4 Å². The van der Waals surface area contributed by atoms with Crippen LogP contribution in [0, 0.1) is 6.92 Å². The minimum absolute atomic E-state index is 0.0146. The number of nitrogens with zero attached hydrogens (tertiary/aromatic N) is 3. The van der Waals surface area contributed by atoms with Crippen molar-refractivity contribution in [2.24, 2.45) is 5.73 Å². The number of pyridine rings is 1. The largest absolute Gasteiger partial charge is 0.350 e. The highest BCUT2D eigenvalue weighted by atomic mass is 16.5. The van der Waals surface area contributed by atoms with Crippen molar-refractivity contribution in [2.45, 2.75) is 20.0 Å². The minimum Gasteiger partial charge on any atom is -0.350 e. The van der Waals surface area contributed by atoms with Crippen molar-refractivity contribution in [3.05, 3.63) is 65.6 Å². The minimum atomic E-state index is -0.882. The van der Waals surface area contributed by atoms with Gasteiger partial charge >= 0.3 is 6.03 Å². The lowest BCUT2D eigenvalue weighted by molar-refractivity contribution is -0.0639. The molecule has 0 fully saturated rings. The number of carbonyl (C=O) groups is 1. The van der Waals surface area contributed by atoms with Crippen LogP contribution in [0.15, 0.2) is 48.8 Å². The number of hydrogen-bond acceptors (Lipinski definition) is 3. The second-order valence-corrected chi connectivity index (χ2v) is 5.43. The van der Waals surface area contributed by atoms with E-state index in [2.05, 4.69) is 4.98 Å². The molecule has 0 atom stereocenters. The molecule has 3 aromatic rings. The molecule has 2 amide bonds. The highest BCUT2D eigenvalue weighted by molar-refractivity contribution is 5.85. The van der Waals surface area contributed by atoms with Crippen LogP contribution in [0.3, 0.4) is 0 Å². The number of hydrogen-bond donors (Lipinski definition) is 2. The number of amides is 2. The molecule has 6 nitrogen and oxygen atoms in total. The van der Waals surface area contributed by atoms with E-state index in [1.54, 1.807) is 6.20 Å². The normalized spacial score (nSPS) is 10.9. The van der Waals surface area contributed by atoms with Gasteiger partial charge in [0.2, 0.25) is 0 Å². The van der Waals surface area contributed by atoms with E-state index in [1.807, 2.05) is 54.1 Å². The van der Waals surface area contributed by atoms with Crippen LogP contribution in [0.25, 0.3) is 10.9 Å². The molecular formula is C17H18N4O2. The molecule has 1 aromatic carbocycles. The van der Waals surface area contributed by atoms with E-state index in [1.165, 1.54) is 0 Å². The van der Waals surface area contributed by atoms with Gasteiger partial charge in [-0.05, 0) is 30.2 Å². The fourth-order valence-corrected chi connectivity index (χ4v) is 2.82. The van der Waals surface area contributed by atoms with E-state index in [0.29, 0.717) is 11.5 Å². The first kappa shape index (κ1) is 15.1. The third kappa shape index (κ3) is 2.89. The first-order valence-electron chi connectivity index (χ1n) is 7.29. The number of para-hydroxylation sites is 1. The zero-order valence-corrected chi connectivity index (χ0v) is 12.8. The quantitative estimate of drug-likeness (QED) is 0.574. The summed E-state index contributed by atoms with van der Waals surface area (Å²) in [6.07, 6.45) is 4.20. The molecule has 0 saturated carbocycles. The number of fused-ring (bicyclic) bond motifs is 1. The van der Waals surface area contributed by atoms with Crippen molar-refractivity contribution < 1.29 is 10.0 Å². The fraction of sp³-hybridized carbons (Fsp3) is 0.176. The van der Waals surface area contributed by atoms with Gasteiger partial charge in [-0.2, -0.15) is 5.06 Å². The molecule has 3 N–H and O–H groups in total. The Balaban J connectivity index is 2.11. The van der Waals surface area contributed by atoms with Gasteiger partial charge in [0.1, 0.15) is 6.67 Å². The SMILES string of the molecule is Cc1c(Cc2cccnc2)n(CN(O)C(N)=O)c2ccccc12. The van der Waals surface area contributed by atoms with Crippen LogP contribution in [0.2, 0.25) is 0 Å². The number of hydroxylamine groups is 2. The van der Waals surface area contributed by atoms with Crippen molar-refractivity contribution in [3.8, 4) is 0 Å². The number of rotatable bonds is 4. The van der Waals surface area contributed by atoms with Crippen molar-refractivity contribution in [1.82, 2.24) is 14.6 Å². The van der Waals surface area contributed by atoms with Gasteiger partial charge in [0, 0.05) is 29.9 Å². The second-order valence-electron chi connectivity index (χ2n) is 5.43. The molecule has 23 heavy (non-hydrogen) atoms. The Bertz CT molecular complexity index is 842. The van der Waals surface area contributed by atoms with Crippen LogP contribution in [0.4, 0.5) is 4.79 Å². The maximum atomic E-state index is 11.2. The van der Waals surface area contributed by atoms with E-state index in [-0.39, 0.29) is 6.67 Å². The molecule has 0 aliphatic rings. The first-order chi connectivity index (χ1) is 11.1. The van der Waals surface area contributed by atoms with Gasteiger partial charge in [0.15, 0.2) is 0 Å². The third-order valence-corrected chi connectivity index (χ3v) is 3.98. The lowest BCUT2D eigenvalue weighted by Crippen LogP contribution is -2.34. The van der Waals surface area contributed by atoms with Crippen molar-refractivity contribution in [3.63, 3.8) is 0 Å². The lowest BCUT2D eigenvalue weighted by Gasteiger charge is -2.17. The van der Waals surface area contributed by atoms with Crippen LogP contribution in [0.5, 0.6) is 0 Å². The predicted octanol–water partition coefficient (Wildman–Crippen LogP) is 2.66. The standard InChI is InChI=1S/C17H18N4O2/c1-12-14-6-2-3-7-15(14)20(11-21(23)17(18)22)16(12)9-13-5-4-8-19-10-13/h2-8,10,23H,9,11H2,1H3,(H2,18,22). The fourth-order valence-electron chi connectivity index (χ4n) is 2.82. The first-order valence-corrected chi connectivity index (χ1v) is 7.29. The van der Waals surface area contributed by atoms with Crippen LogP contribution < -0.4 is 5.73 Å². The molecule has 0 bridgehead atoms. The Morgan fingerprint density at radius 2 is 2.09 bits per heavy atom. The summed E-state index contributed by atoms with van der Waals surface area (Å²) < 4.78 is 1.91. The van der Waals surface area contributed by atoms with Crippen LogP contribution in [-0.2, 0) is 13.1 Å². The molecule has 118 valence electrons. The van der Waals surface area contributed by atoms with Gasteiger partial charge in [-0.25, -0.2) is 4.79 Å². The van der Waals surface area contributed by atoms with E-state index >= 15 is 0 Å². The van der Waals surface area contributed by atoms with E-state index in [4.69, 9.17) is 5.73 Å². The lowest BCUT2D eigenvalue weighted by atomic mass is 10.1. The molecule has 0 aliphatic heterocycles. The Kier molecular flexibility index (Phi) is 3.99. The van der Waals surface area contributed by atoms with E-state index < -0.39 is 6.03 Å². The molecule has 6 heteroatoms. The van der Waals surface area contributed by atoms with Gasteiger partial charge in [-0.15, -0.1) is 0 Å². The summed E-state index contributed by atoms with van der Waals surface area (Å²) in [7, 11) is 0. The molecule has 0 radical (unpaired) electrons. The summed E-state index contributed by atoms with van der Waals surface area (Å²) in [4.78, 5) is 15.3. The van der Waals surface area contributed by atoms with E-state index in [9.17, 15) is 10.0 Å². The maximum Gasteiger partial charge on any atom is 0.340 e. The molecule has 0 unspecified atom stereocenters. The predicted molar refractivity (Wildman–Crippen MR) is 86.9 cm³/mol. The Morgan fingerprint density at radius 1 is 1.30 bits per heavy atom. The number of benzene rings is 1. The van der Waals surface area contributed by atoms with E-state index in [0.717, 1.165) is 27.7 Å². The monoisotopic (exact) mass is 310 g/mol. The highest BCUT2D eigenvalue weighted by Crippen LogP contribution is 2.27. The number of aryl methyl sites for hydroxylation is 1. The third-order valence-electron chi connectivity index (χ3n) is 3.98. The Labute approximate surface area is 133 Å². The van der Waals surface area contributed by atoms with Gasteiger partial charge < -0.3 is 10.3 Å². The molecule has 2 heterocycles. The van der Waals surface area contributed by atoms with Gasteiger partial charge in [0.25, 0.3) is 0 Å². The summed E-state index contributed by atoms with van der Waals surface area (Å²) in [6, 6.07) is 10.9. The smallest absolute Gasteiger partial charge is 0.340 e. The van der Waals surface area contributed by atoms with Crippen molar-refractivity contribution in [2.75, 3.05) is 0 Å². The number of carbonyl (C=O) groups excluding carboxylic acids is 1. The van der Waals surface area contributed by atoms with Crippen LogP contribution in [-0.4, -0.2) is 25.9 Å². The summed E-state index contributed by atoms with van der Waals surface area (Å²) in [6.45, 7) is 2.02. The summed E-state index contributed by atoms with van der Waals surface area (Å²) in [5.74, 6) is 0. The average Bonchev–Trinajstić information content (AvgIpc) is 2.82.